The Morgan fingerprint density at radius 2 is 2.04 bits per heavy atom. The molecule has 1 aromatic carbocycles. The number of aromatic hydroxyl groups is 1. The molecule has 3 N–H and O–H groups in total. The van der Waals surface area contributed by atoms with Crippen molar-refractivity contribution in [1.82, 2.24) is 10.6 Å². The van der Waals surface area contributed by atoms with Crippen LogP contribution in [-0.4, -0.2) is 35.2 Å². The normalized spacial score (nSPS) is 16.8. The van der Waals surface area contributed by atoms with E-state index in [-0.39, 0.29) is 22.6 Å². The minimum atomic E-state index is -1.01. The molecular weight excluding hydrogens is 346 g/mol. The molecule has 1 aliphatic rings. The van der Waals surface area contributed by atoms with E-state index >= 15 is 0 Å². The van der Waals surface area contributed by atoms with E-state index in [2.05, 4.69) is 10.6 Å². The highest BCUT2D eigenvalue weighted by atomic mass is 16.6. The number of carbonyl (C=O) groups excluding carboxylic acids is 2. The predicted molar refractivity (Wildman–Crippen MR) is 89.6 cm³/mol. The molecule has 0 bridgehead atoms. The van der Waals surface area contributed by atoms with Gasteiger partial charge in [-0.25, -0.2) is 9.59 Å². The first-order valence-electron chi connectivity index (χ1n) is 7.70. The van der Waals surface area contributed by atoms with Crippen LogP contribution in [0.25, 0.3) is 0 Å². The van der Waals surface area contributed by atoms with Crippen molar-refractivity contribution in [1.29, 1.82) is 0 Å². The number of nitro benzene ring substituents is 1. The molecule has 1 heterocycles. The molecule has 0 aliphatic carbocycles. The van der Waals surface area contributed by atoms with Crippen molar-refractivity contribution in [3.63, 3.8) is 0 Å². The van der Waals surface area contributed by atoms with Gasteiger partial charge in [-0.1, -0.05) is 0 Å². The minimum Gasteiger partial charge on any atom is -0.500 e. The molecule has 0 saturated heterocycles. The summed E-state index contributed by atoms with van der Waals surface area (Å²) in [5, 5.41) is 26.1. The average molecular weight is 365 g/mol. The van der Waals surface area contributed by atoms with Gasteiger partial charge in [-0.2, -0.15) is 0 Å². The van der Waals surface area contributed by atoms with E-state index in [1.165, 1.54) is 20.1 Å². The molecular formula is C16H19N3O7. The molecule has 1 aromatic rings. The number of benzene rings is 1. The number of allylic oxidation sites excluding steroid dienone is 1. The topological polar surface area (TPSA) is 140 Å². The summed E-state index contributed by atoms with van der Waals surface area (Å²) in [4.78, 5) is 34.7. The maximum Gasteiger partial charge on any atom is 0.338 e. The van der Waals surface area contributed by atoms with E-state index in [1.54, 1.807) is 13.8 Å². The summed E-state index contributed by atoms with van der Waals surface area (Å²) >= 11 is 0. The fourth-order valence-electron chi connectivity index (χ4n) is 2.57. The summed E-state index contributed by atoms with van der Waals surface area (Å²) in [6, 6.07) is 0.796. The average Bonchev–Trinajstić information content (AvgIpc) is 2.53. The fourth-order valence-corrected chi connectivity index (χ4v) is 2.57. The maximum atomic E-state index is 12.5. The highest BCUT2D eigenvalue weighted by Crippen LogP contribution is 2.40. The largest absolute Gasteiger partial charge is 0.500 e. The van der Waals surface area contributed by atoms with Gasteiger partial charge in [0.2, 0.25) is 5.75 Å². The predicted octanol–water partition coefficient (Wildman–Crippen LogP) is 1.89. The van der Waals surface area contributed by atoms with Crippen molar-refractivity contribution in [3.8, 4) is 11.5 Å². The maximum absolute atomic E-state index is 12.5. The van der Waals surface area contributed by atoms with Crippen LogP contribution < -0.4 is 15.4 Å². The zero-order valence-corrected chi connectivity index (χ0v) is 14.7. The summed E-state index contributed by atoms with van der Waals surface area (Å²) < 4.78 is 10.2. The third-order valence-electron chi connectivity index (χ3n) is 3.66. The van der Waals surface area contributed by atoms with Crippen LogP contribution in [0.5, 0.6) is 11.5 Å². The van der Waals surface area contributed by atoms with Crippen LogP contribution in [0.3, 0.4) is 0 Å². The lowest BCUT2D eigenvalue weighted by atomic mass is 9.94. The number of urea groups is 1. The number of rotatable bonds is 5. The zero-order chi connectivity index (χ0) is 19.6. The van der Waals surface area contributed by atoms with Gasteiger partial charge in [0, 0.05) is 11.8 Å². The van der Waals surface area contributed by atoms with Gasteiger partial charge in [-0.3, -0.25) is 10.1 Å². The first-order chi connectivity index (χ1) is 12.1. The molecule has 0 aromatic heterocycles. The van der Waals surface area contributed by atoms with Gasteiger partial charge in [0.05, 0.1) is 29.8 Å². The number of ether oxygens (including phenoxy) is 2. The third kappa shape index (κ3) is 3.68. The van der Waals surface area contributed by atoms with Crippen molar-refractivity contribution in [3.05, 3.63) is 39.1 Å². The first kappa shape index (κ1) is 19.0. The van der Waals surface area contributed by atoms with Gasteiger partial charge in [-0.15, -0.1) is 0 Å². The lowest BCUT2D eigenvalue weighted by Gasteiger charge is -2.28. The Hall–Kier alpha value is -3.30. The summed E-state index contributed by atoms with van der Waals surface area (Å²) in [6.45, 7) is 4.87. The highest BCUT2D eigenvalue weighted by molar-refractivity contribution is 5.95. The molecule has 26 heavy (non-hydrogen) atoms. The van der Waals surface area contributed by atoms with Crippen molar-refractivity contribution in [2.75, 3.05) is 7.11 Å². The number of hydrogen-bond acceptors (Lipinski definition) is 7. The van der Waals surface area contributed by atoms with Crippen molar-refractivity contribution in [2.45, 2.75) is 32.9 Å². The lowest BCUT2D eigenvalue weighted by molar-refractivity contribution is -0.386. The van der Waals surface area contributed by atoms with E-state index in [4.69, 9.17) is 9.47 Å². The SMILES string of the molecule is COc1cc([C@@H]2NC(=O)NC(C)=C2C(=O)OC(C)C)cc([N+](=O)[O-])c1O. The van der Waals surface area contributed by atoms with Crippen LogP contribution in [0.4, 0.5) is 10.5 Å². The number of nitrogens with zero attached hydrogens (tertiary/aromatic N) is 1. The third-order valence-corrected chi connectivity index (χ3v) is 3.66. The molecule has 0 fully saturated rings. The molecule has 10 heteroatoms. The monoisotopic (exact) mass is 365 g/mol. The number of carbonyl (C=O) groups is 2. The van der Waals surface area contributed by atoms with Crippen molar-refractivity contribution >= 4 is 17.7 Å². The van der Waals surface area contributed by atoms with Gasteiger partial charge in [0.1, 0.15) is 0 Å². The van der Waals surface area contributed by atoms with Crippen LogP contribution in [0, 0.1) is 10.1 Å². The Morgan fingerprint density at radius 1 is 1.38 bits per heavy atom. The molecule has 2 amide bonds. The Morgan fingerprint density at radius 3 is 2.58 bits per heavy atom. The molecule has 140 valence electrons. The summed E-state index contributed by atoms with van der Waals surface area (Å²) in [6.07, 6.45) is -0.398. The number of phenolic OH excluding ortho intramolecular Hbond substituents is 1. The molecule has 0 spiro atoms. The number of nitrogens with one attached hydrogen (secondary N) is 2. The molecule has 10 nitrogen and oxygen atoms in total. The number of esters is 1. The van der Waals surface area contributed by atoms with Crippen molar-refractivity contribution < 1.29 is 29.1 Å². The summed E-state index contributed by atoms with van der Waals surface area (Å²) in [5.74, 6) is -1.48. The van der Waals surface area contributed by atoms with Crippen LogP contribution in [0.1, 0.15) is 32.4 Å². The quantitative estimate of drug-likeness (QED) is 0.411. The second-order valence-corrected chi connectivity index (χ2v) is 5.87. The smallest absolute Gasteiger partial charge is 0.338 e. The number of amides is 2. The van der Waals surface area contributed by atoms with E-state index in [0.717, 1.165) is 6.07 Å². The lowest BCUT2D eigenvalue weighted by Crippen LogP contribution is -2.45. The van der Waals surface area contributed by atoms with Gasteiger partial charge < -0.3 is 25.2 Å². The van der Waals surface area contributed by atoms with Crippen LogP contribution in [0.2, 0.25) is 0 Å². The Kier molecular flexibility index (Phi) is 5.34. The number of hydrogen-bond donors (Lipinski definition) is 3. The zero-order valence-electron chi connectivity index (χ0n) is 14.7. The summed E-state index contributed by atoms with van der Waals surface area (Å²) in [5.41, 5.74) is -0.0583. The van der Waals surface area contributed by atoms with E-state index < -0.39 is 40.5 Å². The first-order valence-corrected chi connectivity index (χ1v) is 7.70. The number of nitro groups is 1. The fraction of sp³-hybridized carbons (Fsp3) is 0.375. The number of phenols is 1. The standard InChI is InChI=1S/C16H19N3O7/c1-7(2)26-15(21)12-8(3)17-16(22)18-13(12)9-5-10(19(23)24)14(20)11(6-9)25-4/h5-7,13,20H,1-4H3,(H2,17,18,22)/t13-/m0/s1. The molecule has 0 unspecified atom stereocenters. The molecule has 0 radical (unpaired) electrons. The number of methoxy groups -OCH3 is 1. The Balaban J connectivity index is 2.61. The molecule has 2 rings (SSSR count). The van der Waals surface area contributed by atoms with E-state index in [0.29, 0.717) is 0 Å². The Labute approximate surface area is 148 Å². The van der Waals surface area contributed by atoms with Gasteiger partial charge in [-0.05, 0) is 32.4 Å². The van der Waals surface area contributed by atoms with Crippen LogP contribution in [0.15, 0.2) is 23.4 Å². The molecule has 1 aliphatic heterocycles. The van der Waals surface area contributed by atoms with E-state index in [9.17, 15) is 24.8 Å². The molecule has 1 atom stereocenters. The van der Waals surface area contributed by atoms with Gasteiger partial charge in [0.15, 0.2) is 5.75 Å². The Bertz CT molecular complexity index is 801. The second-order valence-electron chi connectivity index (χ2n) is 5.87. The molecule has 0 saturated carbocycles. The summed E-state index contributed by atoms with van der Waals surface area (Å²) in [7, 11) is 1.23. The van der Waals surface area contributed by atoms with Crippen LogP contribution in [-0.2, 0) is 9.53 Å². The van der Waals surface area contributed by atoms with Gasteiger partial charge >= 0.3 is 17.7 Å². The highest BCUT2D eigenvalue weighted by Gasteiger charge is 2.34. The van der Waals surface area contributed by atoms with Crippen molar-refractivity contribution in [2.24, 2.45) is 0 Å². The van der Waals surface area contributed by atoms with Crippen LogP contribution >= 0.6 is 0 Å². The minimum absolute atomic E-state index is 0.0975. The van der Waals surface area contributed by atoms with Gasteiger partial charge in [0.25, 0.3) is 0 Å². The second kappa shape index (κ2) is 7.30. The van der Waals surface area contributed by atoms with E-state index in [1.807, 2.05) is 0 Å².